The normalized spacial score (nSPS) is 30.0. The topological polar surface area (TPSA) is 71.1 Å². The number of cyclic esters (lactones) is 1. The van der Waals surface area contributed by atoms with E-state index in [1.54, 1.807) is 6.92 Å². The van der Waals surface area contributed by atoms with Gasteiger partial charge in [0.1, 0.15) is 6.61 Å². The monoisotopic (exact) mass is 380 g/mol. The van der Waals surface area contributed by atoms with Crippen molar-refractivity contribution in [2.45, 2.75) is 65.8 Å². The summed E-state index contributed by atoms with van der Waals surface area (Å²) in [4.78, 5) is 24.3. The molecule has 0 spiro atoms. The number of carbonyl (C=O) groups excluding carboxylic acids is 2. The largest absolute Gasteiger partial charge is 0.482 e. The van der Waals surface area contributed by atoms with Crippen molar-refractivity contribution in [2.24, 2.45) is 17.8 Å². The lowest BCUT2D eigenvalue weighted by molar-refractivity contribution is -0.179. The Kier molecular flexibility index (Phi) is 7.90. The van der Waals surface area contributed by atoms with Crippen LogP contribution in [0.15, 0.2) is 24.0 Å². The molecule has 0 aromatic carbocycles. The van der Waals surface area contributed by atoms with Gasteiger partial charge < -0.3 is 18.9 Å². The first-order chi connectivity index (χ1) is 12.9. The molecule has 2 aliphatic rings. The highest BCUT2D eigenvalue weighted by Gasteiger charge is 2.41. The molecular weight excluding hydrogens is 348 g/mol. The van der Waals surface area contributed by atoms with Crippen molar-refractivity contribution >= 4 is 11.9 Å². The second-order valence-corrected chi connectivity index (χ2v) is 7.67. The van der Waals surface area contributed by atoms with E-state index in [9.17, 15) is 9.59 Å². The third-order valence-corrected chi connectivity index (χ3v) is 5.22. The molecule has 0 aromatic rings. The summed E-state index contributed by atoms with van der Waals surface area (Å²) in [6, 6.07) is 0. The van der Waals surface area contributed by atoms with E-state index in [0.717, 1.165) is 12.8 Å². The SMILES string of the molecule is C=CCO/C(C(=O)OCC)=C1/CC(=O)O[C@H]1O[C@@H]1C[C@H](C)CC[C@H]1C(C)C. The van der Waals surface area contributed by atoms with Gasteiger partial charge in [-0.2, -0.15) is 0 Å². The third kappa shape index (κ3) is 5.58. The summed E-state index contributed by atoms with van der Waals surface area (Å²) in [6.45, 7) is 12.2. The summed E-state index contributed by atoms with van der Waals surface area (Å²) in [7, 11) is 0. The van der Waals surface area contributed by atoms with Gasteiger partial charge in [0.15, 0.2) is 0 Å². The van der Waals surface area contributed by atoms with E-state index in [0.29, 0.717) is 23.3 Å². The smallest absolute Gasteiger partial charge is 0.373 e. The molecule has 1 aliphatic carbocycles. The van der Waals surface area contributed by atoms with Crippen LogP contribution in [0.3, 0.4) is 0 Å². The van der Waals surface area contributed by atoms with Crippen LogP contribution in [-0.4, -0.2) is 37.5 Å². The molecule has 0 unspecified atom stereocenters. The maximum absolute atomic E-state index is 12.3. The molecule has 1 heterocycles. The molecule has 2 rings (SSSR count). The van der Waals surface area contributed by atoms with Gasteiger partial charge in [-0.05, 0) is 37.5 Å². The fraction of sp³-hybridized carbons (Fsp3) is 0.714. The van der Waals surface area contributed by atoms with Crippen molar-refractivity contribution in [3.05, 3.63) is 24.0 Å². The molecule has 0 bridgehead atoms. The quantitative estimate of drug-likeness (QED) is 0.276. The summed E-state index contributed by atoms with van der Waals surface area (Å²) in [5.41, 5.74) is 0.404. The van der Waals surface area contributed by atoms with Crippen LogP contribution in [0.2, 0.25) is 0 Å². The lowest BCUT2D eigenvalue weighted by atomic mass is 9.75. The van der Waals surface area contributed by atoms with Crippen LogP contribution in [0, 0.1) is 17.8 Å². The van der Waals surface area contributed by atoms with Crippen LogP contribution >= 0.6 is 0 Å². The van der Waals surface area contributed by atoms with E-state index in [2.05, 4.69) is 27.4 Å². The summed E-state index contributed by atoms with van der Waals surface area (Å²) >= 11 is 0. The Hall–Kier alpha value is -1.82. The van der Waals surface area contributed by atoms with Gasteiger partial charge in [0.2, 0.25) is 12.0 Å². The van der Waals surface area contributed by atoms with Gasteiger partial charge in [-0.3, -0.25) is 4.79 Å². The highest BCUT2D eigenvalue weighted by atomic mass is 16.7. The number of rotatable bonds is 8. The zero-order valence-corrected chi connectivity index (χ0v) is 16.9. The summed E-state index contributed by atoms with van der Waals surface area (Å²) < 4.78 is 22.3. The van der Waals surface area contributed by atoms with Gasteiger partial charge in [0.05, 0.1) is 24.7 Å². The van der Waals surface area contributed by atoms with Crippen molar-refractivity contribution < 1.29 is 28.5 Å². The maximum Gasteiger partial charge on any atom is 0.373 e. The Morgan fingerprint density at radius 1 is 1.33 bits per heavy atom. The molecule has 1 aliphatic heterocycles. The minimum Gasteiger partial charge on any atom is -0.482 e. The van der Waals surface area contributed by atoms with Gasteiger partial charge >= 0.3 is 11.9 Å². The van der Waals surface area contributed by atoms with Crippen LogP contribution in [0.1, 0.15) is 53.4 Å². The molecule has 0 aromatic heterocycles. The van der Waals surface area contributed by atoms with E-state index in [1.165, 1.54) is 12.5 Å². The van der Waals surface area contributed by atoms with Gasteiger partial charge in [-0.15, -0.1) is 0 Å². The number of carbonyl (C=O) groups is 2. The zero-order chi connectivity index (χ0) is 20.0. The molecule has 2 fully saturated rings. The highest BCUT2D eigenvalue weighted by molar-refractivity contribution is 5.90. The lowest BCUT2D eigenvalue weighted by Crippen LogP contribution is -2.37. The van der Waals surface area contributed by atoms with Crippen LogP contribution in [0.5, 0.6) is 0 Å². The van der Waals surface area contributed by atoms with Crippen molar-refractivity contribution in [3.8, 4) is 0 Å². The molecule has 6 heteroatoms. The first-order valence-corrected chi connectivity index (χ1v) is 9.86. The minimum absolute atomic E-state index is 0.00226. The molecule has 6 nitrogen and oxygen atoms in total. The summed E-state index contributed by atoms with van der Waals surface area (Å²) in [6.07, 6.45) is 3.73. The van der Waals surface area contributed by atoms with Crippen molar-refractivity contribution in [3.63, 3.8) is 0 Å². The van der Waals surface area contributed by atoms with Crippen molar-refractivity contribution in [2.75, 3.05) is 13.2 Å². The van der Waals surface area contributed by atoms with Gasteiger partial charge in [-0.25, -0.2) is 4.79 Å². The lowest BCUT2D eigenvalue weighted by Gasteiger charge is -2.38. The van der Waals surface area contributed by atoms with E-state index in [1.807, 2.05) is 0 Å². The van der Waals surface area contributed by atoms with E-state index in [4.69, 9.17) is 18.9 Å². The predicted octanol–water partition coefficient (Wildman–Crippen LogP) is 3.76. The Bertz CT molecular complexity index is 579. The highest BCUT2D eigenvalue weighted by Crippen LogP contribution is 2.38. The molecule has 0 amide bonds. The average Bonchev–Trinajstić information content (AvgIpc) is 2.95. The number of hydrogen-bond acceptors (Lipinski definition) is 6. The van der Waals surface area contributed by atoms with E-state index >= 15 is 0 Å². The first kappa shape index (κ1) is 21.5. The van der Waals surface area contributed by atoms with Gasteiger partial charge in [0, 0.05) is 0 Å². The zero-order valence-electron chi connectivity index (χ0n) is 16.9. The molecule has 4 atom stereocenters. The fourth-order valence-electron chi connectivity index (χ4n) is 3.82. The van der Waals surface area contributed by atoms with E-state index < -0.39 is 18.2 Å². The number of esters is 2. The van der Waals surface area contributed by atoms with Crippen molar-refractivity contribution in [1.29, 1.82) is 0 Å². The van der Waals surface area contributed by atoms with Crippen LogP contribution in [0.4, 0.5) is 0 Å². The Balaban J connectivity index is 2.27. The van der Waals surface area contributed by atoms with Crippen LogP contribution in [-0.2, 0) is 28.5 Å². The number of hydrogen-bond donors (Lipinski definition) is 0. The molecule has 1 saturated carbocycles. The predicted molar refractivity (Wildman–Crippen MR) is 101 cm³/mol. The maximum atomic E-state index is 12.3. The van der Waals surface area contributed by atoms with Crippen LogP contribution in [0.25, 0.3) is 0 Å². The molecular formula is C21H32O6. The molecule has 152 valence electrons. The average molecular weight is 380 g/mol. The van der Waals surface area contributed by atoms with Crippen LogP contribution < -0.4 is 0 Å². The van der Waals surface area contributed by atoms with E-state index in [-0.39, 0.29) is 31.5 Å². The summed E-state index contributed by atoms with van der Waals surface area (Å²) in [5, 5.41) is 0. The first-order valence-electron chi connectivity index (χ1n) is 9.86. The third-order valence-electron chi connectivity index (χ3n) is 5.22. The summed E-state index contributed by atoms with van der Waals surface area (Å²) in [5.74, 6) is 0.367. The van der Waals surface area contributed by atoms with Gasteiger partial charge in [0.25, 0.3) is 0 Å². The molecule has 1 saturated heterocycles. The molecule has 27 heavy (non-hydrogen) atoms. The second-order valence-electron chi connectivity index (χ2n) is 7.67. The van der Waals surface area contributed by atoms with Gasteiger partial charge in [-0.1, -0.05) is 39.8 Å². The fourth-order valence-corrected chi connectivity index (χ4v) is 3.82. The Morgan fingerprint density at radius 2 is 2.07 bits per heavy atom. The minimum atomic E-state index is -0.904. The number of ether oxygens (including phenoxy) is 4. The standard InChI is InChI=1S/C21H32O6/c1-6-10-25-19(20(23)24-7-2)16-12-18(22)27-21(16)26-17-11-14(5)8-9-15(17)13(3)4/h6,13-15,17,21H,1,7-12H2,2-5H3/b19-16-/t14-,15+,17-,21-/m1/s1. The Labute approximate surface area is 161 Å². The van der Waals surface area contributed by atoms with Crippen molar-refractivity contribution in [1.82, 2.24) is 0 Å². The molecule has 0 N–H and O–H groups in total. The Morgan fingerprint density at radius 3 is 2.70 bits per heavy atom. The molecule has 0 radical (unpaired) electrons. The second kappa shape index (κ2) is 9.93.